The number of hydrogen-bond donors (Lipinski definition) is 2. The molecular weight excluding hydrogens is 588 g/mol. The van der Waals surface area contributed by atoms with Gasteiger partial charge in [0.15, 0.2) is 11.5 Å². The number of carbonyl (C=O) groups excluding carboxylic acids is 3. The molecule has 3 heterocycles. The van der Waals surface area contributed by atoms with E-state index < -0.39 is 35.5 Å². The smallest absolute Gasteiger partial charge is 0.419 e. The molecule has 0 saturated carbocycles. The molecule has 0 fully saturated rings. The number of carbonyl (C=O) groups is 3. The second kappa shape index (κ2) is 14.1. The Balaban J connectivity index is 1.47. The molecule has 2 atom stereocenters. The van der Waals surface area contributed by atoms with E-state index in [1.165, 1.54) is 4.57 Å². The minimum atomic E-state index is -0.942. The second-order valence-electron chi connectivity index (χ2n) is 12.3. The molecule has 2 aromatic heterocycles. The zero-order chi connectivity index (χ0) is 32.8. The predicted octanol–water partition coefficient (Wildman–Crippen LogP) is 5.84. The molecule has 244 valence electrons. The molecule has 11 nitrogen and oxygen atoms in total. The lowest BCUT2D eigenvalue weighted by Gasteiger charge is -2.22. The molecule has 0 saturated heterocycles. The van der Waals surface area contributed by atoms with Crippen molar-refractivity contribution in [3.63, 3.8) is 0 Å². The van der Waals surface area contributed by atoms with Crippen LogP contribution in [0.3, 0.4) is 0 Å². The van der Waals surface area contributed by atoms with Crippen molar-refractivity contribution < 1.29 is 33.3 Å². The molecule has 46 heavy (non-hydrogen) atoms. The number of nitrogens with one attached hydrogen (secondary N) is 2. The van der Waals surface area contributed by atoms with E-state index in [4.69, 9.17) is 23.9 Å². The van der Waals surface area contributed by atoms with E-state index in [9.17, 15) is 14.4 Å². The molecule has 0 bridgehead atoms. The van der Waals surface area contributed by atoms with Gasteiger partial charge in [-0.1, -0.05) is 37.6 Å². The fourth-order valence-electron chi connectivity index (χ4n) is 5.48. The van der Waals surface area contributed by atoms with Gasteiger partial charge in [-0.15, -0.1) is 0 Å². The number of para-hydroxylation sites is 1. The molecule has 1 aliphatic heterocycles. The first-order chi connectivity index (χ1) is 22.1. The van der Waals surface area contributed by atoms with E-state index in [-0.39, 0.29) is 26.2 Å². The van der Waals surface area contributed by atoms with Gasteiger partial charge < -0.3 is 29.2 Å². The molecule has 2 aromatic carbocycles. The van der Waals surface area contributed by atoms with Crippen LogP contribution in [-0.2, 0) is 38.3 Å². The first kappa shape index (κ1) is 32.6. The number of nitrogens with zero attached hydrogens (tertiary/aromatic N) is 2. The number of hydrogen-bond acceptors (Lipinski definition) is 8. The summed E-state index contributed by atoms with van der Waals surface area (Å²) in [6.07, 6.45) is 5.68. The van der Waals surface area contributed by atoms with E-state index in [2.05, 4.69) is 17.2 Å². The zero-order valence-corrected chi connectivity index (χ0v) is 27.1. The summed E-state index contributed by atoms with van der Waals surface area (Å²) in [7, 11) is 0. The number of aryl methyl sites for hydroxylation is 1. The maximum atomic E-state index is 14.2. The van der Waals surface area contributed by atoms with Gasteiger partial charge in [0, 0.05) is 42.6 Å². The highest BCUT2D eigenvalue weighted by atomic mass is 16.7. The molecule has 2 N–H and O–H groups in total. The van der Waals surface area contributed by atoms with Crippen molar-refractivity contribution in [2.75, 3.05) is 13.4 Å². The standard InChI is InChI=1S/C35H42N4O7/c1-6-8-13-31-37-24(20-39(31)34(42)46-35(3,4)5)18-26(22-14-15-29-30(17-22)45-21-44-29)32(40)38-28(33(41)43-7-2)16-23-19-36-27-12-10-9-11-25(23)27/h9-12,14-15,17,19-20,26,28,36H,6-8,13,16,18,21H2,1-5H3,(H,38,40)/t26?,28-/m0/s1. The number of esters is 1. The van der Waals surface area contributed by atoms with E-state index in [1.54, 1.807) is 31.3 Å². The maximum absolute atomic E-state index is 14.2. The van der Waals surface area contributed by atoms with Crippen molar-refractivity contribution in [2.24, 2.45) is 0 Å². The molecule has 0 radical (unpaired) electrons. The number of benzene rings is 2. The molecule has 4 aromatic rings. The normalized spacial score (nSPS) is 13.8. The van der Waals surface area contributed by atoms with Gasteiger partial charge in [-0.2, -0.15) is 0 Å². The Morgan fingerprint density at radius 3 is 2.61 bits per heavy atom. The van der Waals surface area contributed by atoms with E-state index in [0.717, 1.165) is 29.3 Å². The highest BCUT2D eigenvalue weighted by Crippen LogP contribution is 2.36. The number of ether oxygens (including phenoxy) is 4. The lowest BCUT2D eigenvalue weighted by molar-refractivity contribution is -0.147. The molecular formula is C35H42N4O7. The van der Waals surface area contributed by atoms with Crippen LogP contribution in [0.25, 0.3) is 10.9 Å². The number of aromatic amines is 1. The van der Waals surface area contributed by atoms with Crippen LogP contribution in [0.4, 0.5) is 4.79 Å². The third-order valence-electron chi connectivity index (χ3n) is 7.69. The fraction of sp³-hybridized carbons (Fsp3) is 0.429. The van der Waals surface area contributed by atoms with Crippen LogP contribution in [0, 0.1) is 0 Å². The maximum Gasteiger partial charge on any atom is 0.419 e. The van der Waals surface area contributed by atoms with Crippen molar-refractivity contribution in [2.45, 2.75) is 84.3 Å². The van der Waals surface area contributed by atoms with Gasteiger partial charge in [0.1, 0.15) is 17.5 Å². The molecule has 5 rings (SSSR count). The van der Waals surface area contributed by atoms with Crippen molar-refractivity contribution in [1.82, 2.24) is 19.9 Å². The number of aromatic nitrogens is 3. The van der Waals surface area contributed by atoms with Crippen LogP contribution in [-0.4, -0.2) is 57.5 Å². The Morgan fingerprint density at radius 1 is 1.07 bits per heavy atom. The van der Waals surface area contributed by atoms with Crippen LogP contribution < -0.4 is 14.8 Å². The van der Waals surface area contributed by atoms with Gasteiger partial charge in [0.2, 0.25) is 12.7 Å². The zero-order valence-electron chi connectivity index (χ0n) is 27.1. The Hall–Kier alpha value is -4.80. The lowest BCUT2D eigenvalue weighted by Crippen LogP contribution is -2.45. The van der Waals surface area contributed by atoms with E-state index >= 15 is 0 Å². The third-order valence-corrected chi connectivity index (χ3v) is 7.69. The summed E-state index contributed by atoms with van der Waals surface area (Å²) in [5, 5.41) is 3.94. The van der Waals surface area contributed by atoms with Crippen LogP contribution in [0.2, 0.25) is 0 Å². The minimum Gasteiger partial charge on any atom is -0.464 e. The van der Waals surface area contributed by atoms with Crippen LogP contribution in [0.5, 0.6) is 11.5 Å². The van der Waals surface area contributed by atoms with Gasteiger partial charge in [0.25, 0.3) is 0 Å². The largest absolute Gasteiger partial charge is 0.464 e. The number of rotatable bonds is 12. The highest BCUT2D eigenvalue weighted by molar-refractivity contribution is 5.90. The Kier molecular flexibility index (Phi) is 9.99. The van der Waals surface area contributed by atoms with Gasteiger partial charge in [0.05, 0.1) is 18.2 Å². The third kappa shape index (κ3) is 7.70. The molecule has 11 heteroatoms. The summed E-state index contributed by atoms with van der Waals surface area (Å²) < 4.78 is 23.6. The van der Waals surface area contributed by atoms with Crippen molar-refractivity contribution >= 4 is 28.9 Å². The van der Waals surface area contributed by atoms with Crippen molar-refractivity contribution in [3.05, 3.63) is 77.5 Å². The second-order valence-corrected chi connectivity index (χ2v) is 12.3. The topological polar surface area (TPSA) is 134 Å². The van der Waals surface area contributed by atoms with Crippen molar-refractivity contribution in [1.29, 1.82) is 0 Å². The number of fused-ring (bicyclic) bond motifs is 2. The number of amides is 1. The summed E-state index contributed by atoms with van der Waals surface area (Å²) in [6, 6.07) is 12.2. The van der Waals surface area contributed by atoms with Crippen molar-refractivity contribution in [3.8, 4) is 11.5 Å². The highest BCUT2D eigenvalue weighted by Gasteiger charge is 2.31. The molecule has 1 aliphatic rings. The average Bonchev–Trinajstić information content (AvgIpc) is 3.76. The Morgan fingerprint density at radius 2 is 1.85 bits per heavy atom. The SMILES string of the molecule is CCCCc1nc(CC(C(=O)N[C@@H](Cc2c[nH]c3ccccc23)C(=O)OCC)c2ccc3c(c2)OCO3)cn1C(=O)OC(C)(C)C. The number of H-pyrrole nitrogens is 1. The molecule has 1 amide bonds. The van der Waals surface area contributed by atoms with Gasteiger partial charge in [-0.3, -0.25) is 4.79 Å². The number of unbranched alkanes of at least 4 members (excludes halogenated alkanes) is 1. The Bertz CT molecular complexity index is 1700. The first-order valence-electron chi connectivity index (χ1n) is 15.8. The number of imidazole rings is 1. The average molecular weight is 631 g/mol. The quantitative estimate of drug-likeness (QED) is 0.187. The van der Waals surface area contributed by atoms with Gasteiger partial charge in [-0.05, 0) is 63.4 Å². The fourth-order valence-corrected chi connectivity index (χ4v) is 5.48. The van der Waals surface area contributed by atoms with Crippen LogP contribution in [0.1, 0.15) is 76.0 Å². The van der Waals surface area contributed by atoms with Crippen LogP contribution in [0.15, 0.2) is 54.9 Å². The molecule has 1 unspecified atom stereocenters. The van der Waals surface area contributed by atoms with Gasteiger partial charge in [-0.25, -0.2) is 19.1 Å². The molecule has 0 spiro atoms. The summed E-state index contributed by atoms with van der Waals surface area (Å²) in [5.74, 6) is -0.0166. The van der Waals surface area contributed by atoms with E-state index in [1.807, 2.05) is 51.2 Å². The van der Waals surface area contributed by atoms with Crippen LogP contribution >= 0.6 is 0 Å². The summed E-state index contributed by atoms with van der Waals surface area (Å²) >= 11 is 0. The lowest BCUT2D eigenvalue weighted by atomic mass is 9.92. The minimum absolute atomic E-state index is 0.0896. The Labute approximate surface area is 268 Å². The van der Waals surface area contributed by atoms with E-state index in [0.29, 0.717) is 35.0 Å². The van der Waals surface area contributed by atoms with Gasteiger partial charge >= 0.3 is 12.1 Å². The first-order valence-corrected chi connectivity index (χ1v) is 15.8. The predicted molar refractivity (Wildman–Crippen MR) is 172 cm³/mol. The summed E-state index contributed by atoms with van der Waals surface area (Å²) in [6.45, 7) is 9.49. The monoisotopic (exact) mass is 630 g/mol. The summed E-state index contributed by atoms with van der Waals surface area (Å²) in [5.41, 5.74) is 2.32. The molecule has 0 aliphatic carbocycles. The summed E-state index contributed by atoms with van der Waals surface area (Å²) in [4.78, 5) is 48.6.